The molecular weight excluding hydrogens is 938 g/mol. The van der Waals surface area contributed by atoms with Gasteiger partial charge in [-0.05, 0) is 124 Å². The van der Waals surface area contributed by atoms with E-state index in [4.69, 9.17) is 27.8 Å². The molecule has 4 aliphatic heterocycles. The monoisotopic (exact) mass is 976 g/mol. The van der Waals surface area contributed by atoms with Crippen LogP contribution in [0.1, 0.15) is 0 Å². The van der Waals surface area contributed by atoms with E-state index >= 15 is 0 Å². The molecular formula is C66H38B2N2O6. The lowest BCUT2D eigenvalue weighted by Crippen LogP contribution is -2.63. The van der Waals surface area contributed by atoms with Crippen LogP contribution in [0, 0.1) is 0 Å². The minimum absolute atomic E-state index is 0.211. The van der Waals surface area contributed by atoms with Gasteiger partial charge in [0.05, 0.1) is 5.69 Å². The molecule has 0 saturated heterocycles. The largest absolute Gasteiger partial charge is 0.458 e. The number of fused-ring (bicyclic) bond motifs is 16. The second kappa shape index (κ2) is 15.7. The van der Waals surface area contributed by atoms with Crippen molar-refractivity contribution in [3.05, 3.63) is 231 Å². The SMILES string of the molecule is c1ccc(Oc2ccc3c(c2)oc2c4c5c(cc23)Oc2cc3c(cc2B5c2ccccc2O4)B2c4ccccc4N(c4ccccc4)c4c2c(cc2c4oc4cc(Oc5ccccc5)ccc42)N3c2ccccc2)cc1. The molecule has 0 spiro atoms. The Labute approximate surface area is 436 Å². The Morgan fingerprint density at radius 2 is 0.895 bits per heavy atom. The molecule has 0 fully saturated rings. The molecule has 2 aromatic heterocycles. The van der Waals surface area contributed by atoms with E-state index < -0.39 is 0 Å². The summed E-state index contributed by atoms with van der Waals surface area (Å²) < 4.78 is 41.0. The van der Waals surface area contributed by atoms with Gasteiger partial charge in [-0.15, -0.1) is 0 Å². The third-order valence-electron chi connectivity index (χ3n) is 15.6. The molecule has 11 aromatic carbocycles. The first-order chi connectivity index (χ1) is 37.7. The molecule has 13 aromatic rings. The summed E-state index contributed by atoms with van der Waals surface area (Å²) in [5.74, 6) is 5.85. The van der Waals surface area contributed by atoms with Crippen molar-refractivity contribution in [2.24, 2.45) is 0 Å². The van der Waals surface area contributed by atoms with E-state index in [-0.39, 0.29) is 13.4 Å². The van der Waals surface area contributed by atoms with Crippen LogP contribution in [0.25, 0.3) is 43.9 Å². The fourth-order valence-electron chi connectivity index (χ4n) is 12.5. The van der Waals surface area contributed by atoms with Crippen LogP contribution >= 0.6 is 0 Å². The van der Waals surface area contributed by atoms with Crippen molar-refractivity contribution < 1.29 is 27.8 Å². The van der Waals surface area contributed by atoms with E-state index in [1.54, 1.807) is 0 Å². The Balaban J connectivity index is 0.920. The number of nitrogens with zero attached hydrogens (tertiary/aromatic N) is 2. The minimum Gasteiger partial charge on any atom is -0.458 e. The van der Waals surface area contributed by atoms with Gasteiger partial charge in [0, 0.05) is 73.6 Å². The third kappa shape index (κ3) is 5.97. The zero-order chi connectivity index (χ0) is 49.6. The second-order valence-corrected chi connectivity index (χ2v) is 19.8. The van der Waals surface area contributed by atoms with Crippen molar-refractivity contribution in [1.82, 2.24) is 0 Å². The molecule has 0 atom stereocenters. The standard InChI is InChI=1S/C66H38B2N2O6/c1-5-17-39(18-6-1)69-54-38-59-52(68-50-26-14-16-28-56(50)74-66-62(68)60(73-59)36-48-46-32-30-44(34-58(46)76-65(48)66)72-42-23-11-4-12-24-42)37-51(54)67-49-25-13-15-27-53(49)70(40-19-7-2-8-20-40)63-61(67)55(69)35-47-45-31-29-43(33-57(45)75-64(47)63)71-41-21-9-3-10-22-41/h1-38H. The van der Waals surface area contributed by atoms with Crippen molar-refractivity contribution in [2.75, 3.05) is 9.80 Å². The smallest absolute Gasteiger partial charge is 0.260 e. The van der Waals surface area contributed by atoms with Crippen LogP contribution in [-0.4, -0.2) is 13.4 Å². The van der Waals surface area contributed by atoms with Gasteiger partial charge in [0.2, 0.25) is 0 Å². The van der Waals surface area contributed by atoms with Gasteiger partial charge < -0.3 is 37.6 Å². The van der Waals surface area contributed by atoms with Crippen LogP contribution in [0.2, 0.25) is 0 Å². The summed E-state index contributed by atoms with van der Waals surface area (Å²) in [4.78, 5) is 4.83. The van der Waals surface area contributed by atoms with E-state index in [2.05, 4.69) is 149 Å². The summed E-state index contributed by atoms with van der Waals surface area (Å²) in [6, 6.07) is 79.6. The summed E-state index contributed by atoms with van der Waals surface area (Å²) in [6.07, 6.45) is 0. The first-order valence-corrected chi connectivity index (χ1v) is 25.6. The van der Waals surface area contributed by atoms with Crippen LogP contribution in [0.3, 0.4) is 0 Å². The highest BCUT2D eigenvalue weighted by Gasteiger charge is 2.48. The maximum absolute atomic E-state index is 7.32. The molecule has 4 aliphatic rings. The second-order valence-electron chi connectivity index (χ2n) is 19.8. The van der Waals surface area contributed by atoms with Gasteiger partial charge in [0.1, 0.15) is 51.4 Å². The lowest BCUT2D eigenvalue weighted by molar-refractivity contribution is 0.461. The van der Waals surface area contributed by atoms with Gasteiger partial charge in [0.15, 0.2) is 16.9 Å². The third-order valence-corrected chi connectivity index (χ3v) is 15.6. The highest BCUT2D eigenvalue weighted by atomic mass is 16.5. The number of furan rings is 2. The quantitative estimate of drug-likeness (QED) is 0.153. The van der Waals surface area contributed by atoms with Gasteiger partial charge >= 0.3 is 0 Å². The summed E-state index contributed by atoms with van der Waals surface area (Å²) in [7, 11) is 0. The fourth-order valence-corrected chi connectivity index (χ4v) is 12.5. The number of anilines is 6. The lowest BCUT2D eigenvalue weighted by Gasteiger charge is -2.44. The Morgan fingerprint density at radius 1 is 0.329 bits per heavy atom. The van der Waals surface area contributed by atoms with Crippen molar-refractivity contribution in [2.45, 2.75) is 0 Å². The predicted octanol–water partition coefficient (Wildman–Crippen LogP) is 13.9. The molecule has 0 saturated carbocycles. The van der Waals surface area contributed by atoms with Crippen molar-refractivity contribution >= 4 is 124 Å². The first kappa shape index (κ1) is 41.4. The molecule has 354 valence electrons. The van der Waals surface area contributed by atoms with Crippen LogP contribution < -0.4 is 61.5 Å². The Hall–Kier alpha value is -10.1. The topological polar surface area (TPSA) is 69.7 Å². The molecule has 0 unspecified atom stereocenters. The summed E-state index contributed by atoms with van der Waals surface area (Å²) in [5, 5.41) is 3.84. The number of benzene rings is 11. The number of hydrogen-bond donors (Lipinski definition) is 0. The molecule has 0 radical (unpaired) electrons. The van der Waals surface area contributed by atoms with E-state index in [1.807, 2.05) is 91.0 Å². The van der Waals surface area contributed by atoms with E-state index in [9.17, 15) is 0 Å². The molecule has 8 nitrogen and oxygen atoms in total. The normalized spacial score (nSPS) is 13.4. The van der Waals surface area contributed by atoms with Crippen LogP contribution in [-0.2, 0) is 0 Å². The van der Waals surface area contributed by atoms with Crippen molar-refractivity contribution in [3.8, 4) is 46.0 Å². The summed E-state index contributed by atoms with van der Waals surface area (Å²) in [6.45, 7) is -0.452. The van der Waals surface area contributed by atoms with Crippen molar-refractivity contribution in [1.29, 1.82) is 0 Å². The summed E-state index contributed by atoms with van der Waals surface area (Å²) in [5.41, 5.74) is 15.7. The Morgan fingerprint density at radius 3 is 1.58 bits per heavy atom. The highest BCUT2D eigenvalue weighted by Crippen LogP contribution is 2.51. The van der Waals surface area contributed by atoms with E-state index in [0.29, 0.717) is 28.4 Å². The molecule has 0 bridgehead atoms. The zero-order valence-electron chi connectivity index (χ0n) is 40.4. The van der Waals surface area contributed by atoms with Gasteiger partial charge in [-0.1, -0.05) is 115 Å². The summed E-state index contributed by atoms with van der Waals surface area (Å²) >= 11 is 0. The van der Waals surface area contributed by atoms with Crippen LogP contribution in [0.15, 0.2) is 239 Å². The number of ether oxygens (including phenoxy) is 4. The van der Waals surface area contributed by atoms with Crippen LogP contribution in [0.4, 0.5) is 34.1 Å². The predicted molar refractivity (Wildman–Crippen MR) is 306 cm³/mol. The maximum atomic E-state index is 7.32. The number of para-hydroxylation sites is 6. The average molecular weight is 977 g/mol. The van der Waals surface area contributed by atoms with Crippen molar-refractivity contribution in [3.63, 3.8) is 0 Å². The van der Waals surface area contributed by atoms with Gasteiger partial charge in [0.25, 0.3) is 13.4 Å². The molecule has 0 aliphatic carbocycles. The van der Waals surface area contributed by atoms with Crippen LogP contribution in [0.5, 0.6) is 46.0 Å². The minimum atomic E-state index is -0.241. The van der Waals surface area contributed by atoms with Gasteiger partial charge in [-0.2, -0.15) is 0 Å². The molecule has 10 heteroatoms. The average Bonchev–Trinajstić information content (AvgIpc) is 4.09. The van der Waals surface area contributed by atoms with Gasteiger partial charge in [-0.3, -0.25) is 0 Å². The zero-order valence-corrected chi connectivity index (χ0v) is 40.4. The molecule has 76 heavy (non-hydrogen) atoms. The Kier molecular flexibility index (Phi) is 8.57. The van der Waals surface area contributed by atoms with E-state index in [0.717, 1.165) is 123 Å². The lowest BCUT2D eigenvalue weighted by atomic mass is 9.31. The highest BCUT2D eigenvalue weighted by molar-refractivity contribution is 7.02. The molecule has 0 amide bonds. The van der Waals surface area contributed by atoms with E-state index in [1.165, 1.54) is 5.46 Å². The maximum Gasteiger partial charge on any atom is 0.260 e. The molecule has 0 N–H and O–H groups in total. The molecule has 17 rings (SSSR count). The first-order valence-electron chi connectivity index (χ1n) is 25.6. The van der Waals surface area contributed by atoms with Gasteiger partial charge in [-0.25, -0.2) is 0 Å². The molecule has 6 heterocycles. The number of hydrogen-bond acceptors (Lipinski definition) is 8. The Bertz CT molecular complexity index is 4560. The number of rotatable bonds is 6. The fraction of sp³-hybridized carbons (Fsp3) is 0.